The number of amides is 1. The van der Waals surface area contributed by atoms with Gasteiger partial charge in [-0.3, -0.25) is 4.79 Å². The van der Waals surface area contributed by atoms with Crippen molar-refractivity contribution in [3.05, 3.63) is 114 Å². The highest BCUT2D eigenvalue weighted by molar-refractivity contribution is 5.95. The molecule has 1 amide bonds. The van der Waals surface area contributed by atoms with E-state index in [1.165, 1.54) is 18.2 Å². The highest BCUT2D eigenvalue weighted by Crippen LogP contribution is 2.48. The van der Waals surface area contributed by atoms with Crippen LogP contribution in [0.1, 0.15) is 21.5 Å². The molecule has 0 aliphatic carbocycles. The van der Waals surface area contributed by atoms with E-state index in [2.05, 4.69) is 17.0 Å². The Bertz CT molecular complexity index is 1500. The quantitative estimate of drug-likeness (QED) is 0.332. The lowest BCUT2D eigenvalue weighted by atomic mass is 9.97. The van der Waals surface area contributed by atoms with Crippen LogP contribution in [0, 0.1) is 0 Å². The molecule has 0 atom stereocenters. The van der Waals surface area contributed by atoms with E-state index in [9.17, 15) is 9.90 Å². The first-order valence-corrected chi connectivity index (χ1v) is 14.4. The number of phenolic OH excluding ortho intramolecular Hbond substituents is 2. The summed E-state index contributed by atoms with van der Waals surface area (Å²) in [6, 6.07) is 30.5. The lowest BCUT2D eigenvalue weighted by Crippen LogP contribution is -2.40. The van der Waals surface area contributed by atoms with E-state index < -0.39 is 5.79 Å². The van der Waals surface area contributed by atoms with Gasteiger partial charge in [0.15, 0.2) is 23.0 Å². The van der Waals surface area contributed by atoms with Crippen LogP contribution in [0.15, 0.2) is 97.1 Å². The number of morpholine rings is 2. The molecule has 0 unspecified atom stereocenters. The number of rotatable bonds is 4. The maximum Gasteiger partial charge on any atom is 0.305 e. The average molecular weight is 583 g/mol. The van der Waals surface area contributed by atoms with Gasteiger partial charge in [-0.2, -0.15) is 0 Å². The second kappa shape index (κ2) is 12.6. The smallest absolute Gasteiger partial charge is 0.305 e. The monoisotopic (exact) mass is 582 g/mol. The van der Waals surface area contributed by atoms with Crippen LogP contribution in [0.3, 0.4) is 0 Å². The van der Waals surface area contributed by atoms with Gasteiger partial charge in [-0.05, 0) is 30.3 Å². The molecule has 0 bridgehead atoms. The van der Waals surface area contributed by atoms with Gasteiger partial charge in [-0.1, -0.05) is 60.7 Å². The van der Waals surface area contributed by atoms with Crippen molar-refractivity contribution in [2.24, 2.45) is 0 Å². The van der Waals surface area contributed by atoms with E-state index in [-0.39, 0.29) is 17.4 Å². The van der Waals surface area contributed by atoms with Crippen LogP contribution < -0.4 is 14.4 Å². The molecule has 0 spiro atoms. The molecule has 0 aromatic heterocycles. The molecule has 2 saturated heterocycles. The van der Waals surface area contributed by atoms with Crippen LogP contribution in [0.25, 0.3) is 0 Å². The molecule has 9 heteroatoms. The molecule has 4 aromatic carbocycles. The summed E-state index contributed by atoms with van der Waals surface area (Å²) >= 11 is 0. The number of benzene rings is 4. The third-order valence-corrected chi connectivity index (χ3v) is 7.64. The Morgan fingerprint density at radius 2 is 1.21 bits per heavy atom. The number of hydrogen-bond donors (Lipinski definition) is 2. The molecule has 0 saturated carbocycles. The molecule has 0 radical (unpaired) electrons. The molecule has 43 heavy (non-hydrogen) atoms. The summed E-state index contributed by atoms with van der Waals surface area (Å²) in [5.74, 6) is -0.0863. The third kappa shape index (κ3) is 6.09. The number of fused-ring (bicyclic) bond motifs is 1. The van der Waals surface area contributed by atoms with Crippen molar-refractivity contribution in [2.45, 2.75) is 5.79 Å². The van der Waals surface area contributed by atoms with Gasteiger partial charge in [0.2, 0.25) is 0 Å². The van der Waals surface area contributed by atoms with Gasteiger partial charge in [0.25, 0.3) is 5.91 Å². The van der Waals surface area contributed by atoms with E-state index in [1.54, 1.807) is 4.90 Å². The molecule has 222 valence electrons. The number of nitrogens with zero attached hydrogens (tertiary/aromatic N) is 2. The Morgan fingerprint density at radius 3 is 1.81 bits per heavy atom. The van der Waals surface area contributed by atoms with E-state index in [1.807, 2.05) is 66.7 Å². The molecule has 3 heterocycles. The molecular weight excluding hydrogens is 548 g/mol. The fraction of sp³-hybridized carbons (Fsp3) is 0.265. The fourth-order valence-electron chi connectivity index (χ4n) is 5.33. The molecule has 2 fully saturated rings. The summed E-state index contributed by atoms with van der Waals surface area (Å²) in [7, 11) is 0. The van der Waals surface area contributed by atoms with Gasteiger partial charge in [-0.15, -0.1) is 0 Å². The van der Waals surface area contributed by atoms with Crippen LogP contribution in [0.5, 0.6) is 23.0 Å². The first-order chi connectivity index (χ1) is 21.0. The maximum atomic E-state index is 11.9. The summed E-state index contributed by atoms with van der Waals surface area (Å²) in [5.41, 5.74) is 3.45. The lowest BCUT2D eigenvalue weighted by Gasteiger charge is -2.29. The van der Waals surface area contributed by atoms with Gasteiger partial charge >= 0.3 is 5.79 Å². The first-order valence-electron chi connectivity index (χ1n) is 14.4. The zero-order valence-electron chi connectivity index (χ0n) is 23.7. The van der Waals surface area contributed by atoms with Gasteiger partial charge < -0.3 is 39.0 Å². The average Bonchev–Trinajstić information content (AvgIpc) is 3.48. The predicted molar refractivity (Wildman–Crippen MR) is 161 cm³/mol. The topological polar surface area (TPSA) is 101 Å². The molecule has 3 aliphatic heterocycles. The summed E-state index contributed by atoms with van der Waals surface area (Å²) in [5, 5.41) is 18.4. The number of carbonyl (C=O) groups excluding carboxylic acids is 1. The number of ether oxygens (including phenoxy) is 4. The molecule has 2 N–H and O–H groups in total. The highest BCUT2D eigenvalue weighted by atomic mass is 16.7. The Hall–Kier alpha value is -4.73. The minimum atomic E-state index is -0.964. The van der Waals surface area contributed by atoms with Crippen LogP contribution >= 0.6 is 0 Å². The van der Waals surface area contributed by atoms with Gasteiger partial charge in [-0.25, -0.2) is 0 Å². The molecular formula is C34H34N2O7. The summed E-state index contributed by atoms with van der Waals surface area (Å²) < 4.78 is 23.6. The minimum absolute atomic E-state index is 0.154. The van der Waals surface area contributed by atoms with Crippen molar-refractivity contribution in [3.63, 3.8) is 0 Å². The molecule has 7 rings (SSSR count). The predicted octanol–water partition coefficient (Wildman–Crippen LogP) is 4.77. The number of aromatic hydroxyl groups is 2. The Kier molecular flexibility index (Phi) is 8.35. The van der Waals surface area contributed by atoms with Crippen molar-refractivity contribution in [1.82, 2.24) is 4.90 Å². The van der Waals surface area contributed by atoms with Crippen molar-refractivity contribution >= 4 is 11.6 Å². The normalized spacial score (nSPS) is 17.1. The van der Waals surface area contributed by atoms with Gasteiger partial charge in [0.1, 0.15) is 0 Å². The molecule has 3 aliphatic rings. The first kappa shape index (κ1) is 28.4. The van der Waals surface area contributed by atoms with Gasteiger partial charge in [0, 0.05) is 54.6 Å². The van der Waals surface area contributed by atoms with Crippen LogP contribution in [0.4, 0.5) is 5.69 Å². The second-order valence-electron chi connectivity index (χ2n) is 10.4. The molecule has 9 nitrogen and oxygen atoms in total. The van der Waals surface area contributed by atoms with Gasteiger partial charge in [0.05, 0.1) is 26.4 Å². The van der Waals surface area contributed by atoms with E-state index in [4.69, 9.17) is 24.1 Å². The minimum Gasteiger partial charge on any atom is -0.504 e. The Labute approximate surface area is 250 Å². The largest absolute Gasteiger partial charge is 0.504 e. The molecule has 4 aromatic rings. The third-order valence-electron chi connectivity index (χ3n) is 7.64. The summed E-state index contributed by atoms with van der Waals surface area (Å²) in [6.45, 7) is 5.48. The standard InChI is InChI=1S/C23H21NO3.C11H13NO4/c1-3-7-18(8-4-1)23(19-9-5-2-6-10-19)26-21-12-11-20(17-22(21)27-23)24-13-15-25-16-14-24;13-9-2-1-8(7-10(9)14)11(15)12-3-5-16-6-4-12/h1-12,17H,13-16H2;1-2,7,13-14H,3-6H2. The Morgan fingerprint density at radius 1 is 0.628 bits per heavy atom. The maximum absolute atomic E-state index is 11.9. The SMILES string of the molecule is O=C(c1ccc(O)c(O)c1)N1CCOCC1.c1ccc(C2(c3ccccc3)Oc3ccc(N4CCOCC4)cc3O2)cc1. The van der Waals surface area contributed by atoms with Crippen molar-refractivity contribution in [1.29, 1.82) is 0 Å². The number of carbonyl (C=O) groups is 1. The van der Waals surface area contributed by atoms with Crippen molar-refractivity contribution in [2.75, 3.05) is 57.5 Å². The van der Waals surface area contributed by atoms with Crippen LogP contribution in [-0.4, -0.2) is 73.6 Å². The van der Waals surface area contributed by atoms with E-state index >= 15 is 0 Å². The summed E-state index contributed by atoms with van der Waals surface area (Å²) in [6.07, 6.45) is 0. The summed E-state index contributed by atoms with van der Waals surface area (Å²) in [4.78, 5) is 15.9. The van der Waals surface area contributed by atoms with Crippen LogP contribution in [-0.2, 0) is 15.3 Å². The van der Waals surface area contributed by atoms with Crippen molar-refractivity contribution < 1.29 is 34.0 Å². The highest BCUT2D eigenvalue weighted by Gasteiger charge is 2.45. The number of hydrogen-bond acceptors (Lipinski definition) is 8. The number of anilines is 1. The van der Waals surface area contributed by atoms with Crippen LogP contribution in [0.2, 0.25) is 0 Å². The second-order valence-corrected chi connectivity index (χ2v) is 10.4. The lowest BCUT2D eigenvalue weighted by molar-refractivity contribution is -0.0459. The zero-order valence-corrected chi connectivity index (χ0v) is 23.7. The van der Waals surface area contributed by atoms with E-state index in [0.717, 1.165) is 54.6 Å². The van der Waals surface area contributed by atoms with Crippen molar-refractivity contribution in [3.8, 4) is 23.0 Å². The Balaban J connectivity index is 0.000000176. The zero-order chi connectivity index (χ0) is 29.6. The van der Waals surface area contributed by atoms with E-state index in [0.29, 0.717) is 31.9 Å². The number of phenols is 2. The fourth-order valence-corrected chi connectivity index (χ4v) is 5.33.